The molecule has 0 saturated carbocycles. The van der Waals surface area contributed by atoms with E-state index in [1.54, 1.807) is 42.5 Å². The summed E-state index contributed by atoms with van der Waals surface area (Å²) < 4.78 is 10.9. The summed E-state index contributed by atoms with van der Waals surface area (Å²) >= 11 is 0. The molecule has 126 valence electrons. The number of amides is 2. The predicted molar refractivity (Wildman–Crippen MR) is 91.5 cm³/mol. The van der Waals surface area contributed by atoms with Gasteiger partial charge in [-0.05, 0) is 36.4 Å². The fraction of sp³-hybridized carbons (Fsp3) is 0.0556. The lowest BCUT2D eigenvalue weighted by Gasteiger charge is -2.05. The Kier molecular flexibility index (Phi) is 4.21. The molecule has 1 heterocycles. The Morgan fingerprint density at radius 1 is 1.00 bits per heavy atom. The van der Waals surface area contributed by atoms with Crippen molar-refractivity contribution < 1.29 is 18.7 Å². The molecule has 2 amide bonds. The summed E-state index contributed by atoms with van der Waals surface area (Å²) in [6, 6.07) is 13.2. The van der Waals surface area contributed by atoms with Gasteiger partial charge in [0.15, 0.2) is 0 Å². The van der Waals surface area contributed by atoms with Gasteiger partial charge in [0.1, 0.15) is 16.9 Å². The minimum absolute atomic E-state index is 0.00105. The van der Waals surface area contributed by atoms with Gasteiger partial charge in [0, 0.05) is 5.39 Å². The van der Waals surface area contributed by atoms with Gasteiger partial charge in [0.05, 0.1) is 18.4 Å². The van der Waals surface area contributed by atoms with E-state index in [4.69, 9.17) is 20.6 Å². The minimum atomic E-state index is -0.705. The highest BCUT2D eigenvalue weighted by Gasteiger charge is 2.12. The van der Waals surface area contributed by atoms with Crippen LogP contribution in [-0.4, -0.2) is 18.9 Å². The molecule has 7 nitrogen and oxygen atoms in total. The van der Waals surface area contributed by atoms with Gasteiger partial charge in [-0.3, -0.25) is 9.59 Å². The van der Waals surface area contributed by atoms with Crippen LogP contribution in [0.3, 0.4) is 0 Å². The second-order valence-corrected chi connectivity index (χ2v) is 5.23. The third-order valence-corrected chi connectivity index (χ3v) is 3.61. The first-order valence-corrected chi connectivity index (χ1v) is 7.35. The maximum atomic E-state index is 11.8. The zero-order valence-electron chi connectivity index (χ0n) is 13.4. The Labute approximate surface area is 142 Å². The van der Waals surface area contributed by atoms with Gasteiger partial charge in [0.25, 0.3) is 11.8 Å². The molecule has 0 saturated heterocycles. The van der Waals surface area contributed by atoms with E-state index in [2.05, 4.69) is 4.99 Å². The van der Waals surface area contributed by atoms with Crippen LogP contribution in [0.4, 0.5) is 5.69 Å². The molecule has 1 aromatic heterocycles. The van der Waals surface area contributed by atoms with Crippen LogP contribution >= 0.6 is 0 Å². The number of ether oxygens (including phenoxy) is 1. The van der Waals surface area contributed by atoms with E-state index in [0.717, 1.165) is 0 Å². The molecular weight excluding hydrogens is 322 g/mol. The SMILES string of the molecule is COc1ccc2oc(=Nc3ccccc3C(N)=O)c(C(N)=O)cc2c1. The lowest BCUT2D eigenvalue weighted by molar-refractivity contribution is 0.0991. The van der Waals surface area contributed by atoms with Gasteiger partial charge < -0.3 is 20.6 Å². The van der Waals surface area contributed by atoms with Gasteiger partial charge in [-0.15, -0.1) is 0 Å². The molecular formula is C18H15N3O4. The minimum Gasteiger partial charge on any atom is -0.497 e. The third-order valence-electron chi connectivity index (χ3n) is 3.61. The van der Waals surface area contributed by atoms with E-state index in [-0.39, 0.29) is 22.4 Å². The van der Waals surface area contributed by atoms with Gasteiger partial charge >= 0.3 is 0 Å². The molecule has 25 heavy (non-hydrogen) atoms. The summed E-state index contributed by atoms with van der Waals surface area (Å²) in [5, 5.41) is 0.635. The summed E-state index contributed by atoms with van der Waals surface area (Å²) in [6.45, 7) is 0. The number of primary amides is 2. The molecule has 0 radical (unpaired) electrons. The molecule has 0 bridgehead atoms. The highest BCUT2D eigenvalue weighted by molar-refractivity contribution is 5.98. The number of rotatable bonds is 4. The summed E-state index contributed by atoms with van der Waals surface area (Å²) in [7, 11) is 1.54. The largest absolute Gasteiger partial charge is 0.497 e. The second kappa shape index (κ2) is 6.48. The van der Waals surface area contributed by atoms with E-state index < -0.39 is 11.8 Å². The van der Waals surface area contributed by atoms with E-state index in [9.17, 15) is 9.59 Å². The Bertz CT molecular complexity index is 1050. The monoisotopic (exact) mass is 337 g/mol. The Morgan fingerprint density at radius 3 is 2.40 bits per heavy atom. The third kappa shape index (κ3) is 3.20. The van der Waals surface area contributed by atoms with Crippen LogP contribution in [0.2, 0.25) is 0 Å². The van der Waals surface area contributed by atoms with Crippen molar-refractivity contribution in [1.29, 1.82) is 0 Å². The molecule has 3 aromatic rings. The van der Waals surface area contributed by atoms with Crippen LogP contribution in [0.15, 0.2) is 57.9 Å². The standard InChI is InChI=1S/C18H15N3O4/c1-24-11-6-7-15-10(8-11)9-13(17(20)23)18(25-15)21-14-5-3-2-4-12(14)16(19)22/h2-9H,1H3,(H2,19,22)(H2,20,23). The average Bonchev–Trinajstić information content (AvgIpc) is 2.60. The first-order valence-electron chi connectivity index (χ1n) is 7.35. The molecule has 7 heteroatoms. The molecule has 0 aliphatic heterocycles. The van der Waals surface area contributed by atoms with Crippen molar-refractivity contribution in [1.82, 2.24) is 0 Å². The predicted octanol–water partition coefficient (Wildman–Crippen LogP) is 1.87. The molecule has 0 aliphatic carbocycles. The smallest absolute Gasteiger partial charge is 0.254 e. The van der Waals surface area contributed by atoms with Crippen LogP contribution in [0.5, 0.6) is 5.75 Å². The number of hydrogen-bond acceptors (Lipinski definition) is 5. The van der Waals surface area contributed by atoms with Crippen molar-refractivity contribution in [3.8, 4) is 5.75 Å². The first kappa shape index (κ1) is 16.3. The number of nitrogens with two attached hydrogens (primary N) is 2. The van der Waals surface area contributed by atoms with Crippen LogP contribution < -0.4 is 21.8 Å². The summed E-state index contributed by atoms with van der Waals surface area (Å²) in [6.07, 6.45) is 0. The number of methoxy groups -OCH3 is 1. The lowest BCUT2D eigenvalue weighted by atomic mass is 10.1. The maximum Gasteiger partial charge on any atom is 0.254 e. The fourth-order valence-electron chi connectivity index (χ4n) is 2.38. The number of hydrogen-bond donors (Lipinski definition) is 2. The number of nitrogens with zero attached hydrogens (tertiary/aromatic N) is 1. The Balaban J connectivity index is 2.30. The average molecular weight is 337 g/mol. The molecule has 0 fully saturated rings. The summed E-state index contributed by atoms with van der Waals surface area (Å²) in [5.41, 5.74) is 11.9. The van der Waals surface area contributed by atoms with E-state index in [1.807, 2.05) is 0 Å². The van der Waals surface area contributed by atoms with Crippen molar-refractivity contribution in [2.75, 3.05) is 7.11 Å². The van der Waals surface area contributed by atoms with Crippen molar-refractivity contribution in [3.05, 3.63) is 65.2 Å². The van der Waals surface area contributed by atoms with Crippen LogP contribution in [0.25, 0.3) is 11.0 Å². The van der Waals surface area contributed by atoms with Crippen LogP contribution in [-0.2, 0) is 0 Å². The highest BCUT2D eigenvalue weighted by Crippen LogP contribution is 2.22. The Morgan fingerprint density at radius 2 is 1.72 bits per heavy atom. The van der Waals surface area contributed by atoms with Gasteiger partial charge in [-0.1, -0.05) is 12.1 Å². The number of fused-ring (bicyclic) bond motifs is 1. The molecule has 3 rings (SSSR count). The number of carbonyl (C=O) groups is 2. The van der Waals surface area contributed by atoms with E-state index >= 15 is 0 Å². The van der Waals surface area contributed by atoms with Crippen molar-refractivity contribution in [2.24, 2.45) is 16.5 Å². The van der Waals surface area contributed by atoms with E-state index in [0.29, 0.717) is 16.7 Å². The molecule has 0 unspecified atom stereocenters. The van der Waals surface area contributed by atoms with Gasteiger partial charge in [-0.25, -0.2) is 4.99 Å². The van der Waals surface area contributed by atoms with Crippen molar-refractivity contribution in [2.45, 2.75) is 0 Å². The topological polar surface area (TPSA) is 121 Å². The zero-order valence-corrected chi connectivity index (χ0v) is 13.4. The van der Waals surface area contributed by atoms with Crippen LogP contribution in [0.1, 0.15) is 20.7 Å². The van der Waals surface area contributed by atoms with E-state index in [1.165, 1.54) is 13.2 Å². The van der Waals surface area contributed by atoms with Gasteiger partial charge in [-0.2, -0.15) is 0 Å². The summed E-state index contributed by atoms with van der Waals surface area (Å²) in [4.78, 5) is 27.6. The summed E-state index contributed by atoms with van der Waals surface area (Å²) in [5.74, 6) is -0.726. The van der Waals surface area contributed by atoms with Crippen LogP contribution in [0, 0.1) is 0 Å². The molecule has 0 atom stereocenters. The quantitative estimate of drug-likeness (QED) is 0.754. The van der Waals surface area contributed by atoms with Gasteiger partial charge in [0.2, 0.25) is 5.55 Å². The zero-order chi connectivity index (χ0) is 18.0. The second-order valence-electron chi connectivity index (χ2n) is 5.23. The number of para-hydroxylation sites is 1. The fourth-order valence-corrected chi connectivity index (χ4v) is 2.38. The van der Waals surface area contributed by atoms with Crippen molar-refractivity contribution in [3.63, 3.8) is 0 Å². The molecule has 2 aromatic carbocycles. The first-order chi connectivity index (χ1) is 12.0. The molecule has 0 aliphatic rings. The number of carbonyl (C=O) groups excluding carboxylic acids is 2. The molecule has 0 spiro atoms. The number of benzene rings is 2. The Hall–Kier alpha value is -3.61. The highest BCUT2D eigenvalue weighted by atomic mass is 16.5. The lowest BCUT2D eigenvalue weighted by Crippen LogP contribution is -2.22. The molecule has 4 N–H and O–H groups in total. The van der Waals surface area contributed by atoms with Crippen molar-refractivity contribution >= 4 is 28.5 Å². The maximum absolute atomic E-state index is 11.8. The normalized spacial score (nSPS) is 11.5.